The van der Waals surface area contributed by atoms with Crippen LogP contribution in [0.15, 0.2) is 46.6 Å². The van der Waals surface area contributed by atoms with Crippen LogP contribution in [0.25, 0.3) is 0 Å². The van der Waals surface area contributed by atoms with Crippen molar-refractivity contribution >= 4 is 23.2 Å². The van der Waals surface area contributed by atoms with Crippen molar-refractivity contribution in [3.8, 4) is 0 Å². The van der Waals surface area contributed by atoms with Crippen LogP contribution in [-0.4, -0.2) is 24.0 Å². The summed E-state index contributed by atoms with van der Waals surface area (Å²) in [5.74, 6) is 1.51. The molecule has 4 nitrogen and oxygen atoms in total. The first-order chi connectivity index (χ1) is 10.8. The zero-order chi connectivity index (χ0) is 14.9. The Hall–Kier alpha value is -1.88. The van der Waals surface area contributed by atoms with Gasteiger partial charge in [-0.25, -0.2) is 0 Å². The molecule has 4 rings (SSSR count). The van der Waals surface area contributed by atoms with Gasteiger partial charge in [-0.05, 0) is 37.0 Å². The fourth-order valence-corrected chi connectivity index (χ4v) is 3.96. The van der Waals surface area contributed by atoms with Crippen LogP contribution >= 0.6 is 12.2 Å². The van der Waals surface area contributed by atoms with Crippen LogP contribution in [0.4, 0.5) is 0 Å². The molecule has 0 unspecified atom stereocenters. The number of rotatable bonds is 2. The molecule has 3 aliphatic rings. The second kappa shape index (κ2) is 5.72. The minimum Gasteiger partial charge on any atom is -0.368 e. The third-order valence-electron chi connectivity index (χ3n) is 4.69. The van der Waals surface area contributed by atoms with E-state index in [9.17, 15) is 0 Å². The van der Waals surface area contributed by atoms with Crippen molar-refractivity contribution in [3.63, 3.8) is 0 Å². The molecule has 0 spiro atoms. The first-order valence-electron chi connectivity index (χ1n) is 7.97. The minimum absolute atomic E-state index is 0.252. The lowest BCUT2D eigenvalue weighted by Crippen LogP contribution is -2.50. The summed E-state index contributed by atoms with van der Waals surface area (Å²) < 4.78 is 0. The van der Waals surface area contributed by atoms with Crippen LogP contribution in [0.1, 0.15) is 30.9 Å². The molecule has 22 heavy (non-hydrogen) atoms. The van der Waals surface area contributed by atoms with Gasteiger partial charge in [0, 0.05) is 23.7 Å². The number of nitrogens with one attached hydrogen (secondary N) is 3. The summed E-state index contributed by atoms with van der Waals surface area (Å²) in [4.78, 5) is 4.62. The molecule has 2 heterocycles. The molecule has 0 radical (unpaired) electrons. The van der Waals surface area contributed by atoms with Crippen LogP contribution in [0, 0.1) is 5.92 Å². The Balaban J connectivity index is 1.75. The van der Waals surface area contributed by atoms with E-state index in [1.807, 2.05) is 0 Å². The van der Waals surface area contributed by atoms with Gasteiger partial charge < -0.3 is 16.0 Å². The summed E-state index contributed by atoms with van der Waals surface area (Å²) >= 11 is 5.46. The predicted octanol–water partition coefficient (Wildman–Crippen LogP) is 2.26. The van der Waals surface area contributed by atoms with Crippen molar-refractivity contribution in [2.24, 2.45) is 10.9 Å². The van der Waals surface area contributed by atoms with E-state index < -0.39 is 0 Å². The second-order valence-electron chi connectivity index (χ2n) is 6.03. The number of nitrogens with zero attached hydrogens (tertiary/aromatic N) is 1. The van der Waals surface area contributed by atoms with Crippen LogP contribution in [0.5, 0.6) is 0 Å². The van der Waals surface area contributed by atoms with Gasteiger partial charge in [0.2, 0.25) is 0 Å². The molecule has 114 valence electrons. The molecular weight excluding hydrogens is 292 g/mol. The molecule has 0 bridgehead atoms. The standard InChI is InChI=1S/C17H20N4S/c22-17-20-14(11-5-2-1-3-6-11)12-7-4-8-13(15(12)21-17)16-18-9-10-19-16/h1-3,5-6,12,14H,4,7-10H2,(H,18,19)(H2,20,21,22)/t12-,14+/m0/s1. The molecule has 1 saturated heterocycles. The Morgan fingerprint density at radius 2 is 2.05 bits per heavy atom. The Labute approximate surface area is 136 Å². The van der Waals surface area contributed by atoms with Gasteiger partial charge in [0.25, 0.3) is 0 Å². The van der Waals surface area contributed by atoms with Gasteiger partial charge in [0.1, 0.15) is 5.84 Å². The Bertz CT molecular complexity index is 650. The van der Waals surface area contributed by atoms with Crippen molar-refractivity contribution in [1.82, 2.24) is 16.0 Å². The lowest BCUT2D eigenvalue weighted by atomic mass is 9.78. The van der Waals surface area contributed by atoms with E-state index in [1.54, 1.807) is 0 Å². The smallest absolute Gasteiger partial charge is 0.171 e. The van der Waals surface area contributed by atoms with Gasteiger partial charge in [-0.15, -0.1) is 0 Å². The summed E-state index contributed by atoms with van der Waals surface area (Å²) in [6, 6.07) is 10.9. The Morgan fingerprint density at radius 3 is 2.82 bits per heavy atom. The average Bonchev–Trinajstić information content (AvgIpc) is 3.08. The predicted molar refractivity (Wildman–Crippen MR) is 92.7 cm³/mol. The van der Waals surface area contributed by atoms with E-state index in [4.69, 9.17) is 12.2 Å². The van der Waals surface area contributed by atoms with E-state index >= 15 is 0 Å². The third-order valence-corrected chi connectivity index (χ3v) is 4.91. The number of benzene rings is 1. The average molecular weight is 312 g/mol. The maximum absolute atomic E-state index is 5.46. The highest BCUT2D eigenvalue weighted by Gasteiger charge is 2.36. The number of fused-ring (bicyclic) bond motifs is 1. The molecule has 1 aliphatic carbocycles. The first-order valence-corrected chi connectivity index (χ1v) is 8.38. The molecule has 0 aromatic heterocycles. The van der Waals surface area contributed by atoms with Crippen LogP contribution in [0.2, 0.25) is 0 Å². The molecule has 2 atom stereocenters. The van der Waals surface area contributed by atoms with Crippen LogP contribution in [-0.2, 0) is 0 Å². The molecule has 0 saturated carbocycles. The van der Waals surface area contributed by atoms with Gasteiger partial charge in [0.15, 0.2) is 5.11 Å². The number of amidine groups is 1. The summed E-state index contributed by atoms with van der Waals surface area (Å²) in [6.45, 7) is 1.82. The number of hydrogen-bond acceptors (Lipinski definition) is 3. The zero-order valence-corrected chi connectivity index (χ0v) is 13.2. The van der Waals surface area contributed by atoms with Crippen LogP contribution in [0.3, 0.4) is 0 Å². The van der Waals surface area contributed by atoms with Crippen molar-refractivity contribution in [2.75, 3.05) is 13.1 Å². The monoisotopic (exact) mass is 312 g/mol. The summed E-state index contributed by atoms with van der Waals surface area (Å²) in [6.07, 6.45) is 3.45. The summed E-state index contributed by atoms with van der Waals surface area (Å²) in [5, 5.41) is 11.0. The fourth-order valence-electron chi connectivity index (χ4n) is 3.73. The Morgan fingerprint density at radius 1 is 1.18 bits per heavy atom. The second-order valence-corrected chi connectivity index (χ2v) is 6.44. The normalized spacial score (nSPS) is 27.5. The first kappa shape index (κ1) is 13.8. The van der Waals surface area contributed by atoms with Gasteiger partial charge in [-0.3, -0.25) is 4.99 Å². The van der Waals surface area contributed by atoms with Crippen molar-refractivity contribution in [3.05, 3.63) is 47.2 Å². The highest BCUT2D eigenvalue weighted by molar-refractivity contribution is 7.80. The fraction of sp³-hybridized carbons (Fsp3) is 0.412. The molecule has 1 aromatic carbocycles. The molecule has 3 N–H and O–H groups in total. The van der Waals surface area contributed by atoms with Gasteiger partial charge in [-0.1, -0.05) is 30.3 Å². The quantitative estimate of drug-likeness (QED) is 0.733. The third kappa shape index (κ3) is 2.39. The van der Waals surface area contributed by atoms with Gasteiger partial charge in [-0.2, -0.15) is 0 Å². The molecule has 2 aliphatic heterocycles. The summed E-state index contributed by atoms with van der Waals surface area (Å²) in [7, 11) is 0. The lowest BCUT2D eigenvalue weighted by Gasteiger charge is -2.40. The van der Waals surface area contributed by atoms with Crippen molar-refractivity contribution < 1.29 is 0 Å². The van der Waals surface area contributed by atoms with E-state index in [1.165, 1.54) is 29.7 Å². The van der Waals surface area contributed by atoms with E-state index in [0.717, 1.165) is 30.5 Å². The number of hydrogen-bond donors (Lipinski definition) is 3. The number of thiocarbonyl (C=S) groups is 1. The Kier molecular flexibility index (Phi) is 3.58. The topological polar surface area (TPSA) is 48.5 Å². The molecule has 1 fully saturated rings. The maximum atomic E-state index is 5.46. The highest BCUT2D eigenvalue weighted by Crippen LogP contribution is 2.39. The largest absolute Gasteiger partial charge is 0.368 e. The molecular formula is C17H20N4S. The SMILES string of the molecule is S=C1NC2=C(C3=NCCN3)CCC[C@H]2[C@@H](c2ccccc2)N1. The van der Waals surface area contributed by atoms with Gasteiger partial charge >= 0.3 is 0 Å². The highest BCUT2D eigenvalue weighted by atomic mass is 32.1. The van der Waals surface area contributed by atoms with Gasteiger partial charge in [0.05, 0.1) is 12.6 Å². The van der Waals surface area contributed by atoms with E-state index in [-0.39, 0.29) is 6.04 Å². The van der Waals surface area contributed by atoms with E-state index in [0.29, 0.717) is 5.92 Å². The maximum Gasteiger partial charge on any atom is 0.171 e. The molecule has 5 heteroatoms. The molecule has 0 amide bonds. The van der Waals surface area contributed by atoms with Crippen LogP contribution < -0.4 is 16.0 Å². The summed E-state index contributed by atoms with van der Waals surface area (Å²) in [5.41, 5.74) is 3.91. The van der Waals surface area contributed by atoms with E-state index in [2.05, 4.69) is 51.3 Å². The van der Waals surface area contributed by atoms with Crippen molar-refractivity contribution in [2.45, 2.75) is 25.3 Å². The minimum atomic E-state index is 0.252. The number of aliphatic imine (C=N–C) groups is 1. The molecule has 1 aromatic rings. The lowest BCUT2D eigenvalue weighted by molar-refractivity contribution is 0.368. The zero-order valence-electron chi connectivity index (χ0n) is 12.4. The van der Waals surface area contributed by atoms with Crippen molar-refractivity contribution in [1.29, 1.82) is 0 Å².